The van der Waals surface area contributed by atoms with Crippen LogP contribution < -0.4 is 5.43 Å². The molecule has 0 atom stereocenters. The average molecular weight is 392 g/mol. The summed E-state index contributed by atoms with van der Waals surface area (Å²) in [5.41, 5.74) is 5.38. The van der Waals surface area contributed by atoms with Gasteiger partial charge in [0.25, 0.3) is 5.91 Å². The average Bonchev–Trinajstić information content (AvgIpc) is 3.13. The molecule has 1 heterocycles. The molecule has 4 aromatic rings. The van der Waals surface area contributed by atoms with Crippen molar-refractivity contribution in [3.8, 4) is 0 Å². The van der Waals surface area contributed by atoms with Gasteiger partial charge in [0, 0.05) is 0 Å². The van der Waals surface area contributed by atoms with Crippen molar-refractivity contribution >= 4 is 55.7 Å². The number of nitrogens with zero attached hydrogens (tertiary/aromatic N) is 2. The predicted octanol–water partition coefficient (Wildman–Crippen LogP) is 5.08. The second-order valence-corrected chi connectivity index (χ2v) is 8.28. The van der Waals surface area contributed by atoms with E-state index in [2.05, 4.69) is 39.8 Å². The zero-order chi connectivity index (χ0) is 18.6. The largest absolute Gasteiger partial charge is 0.272 e. The quantitative estimate of drug-likeness (QED) is 0.293. The molecular weight excluding hydrogens is 374 g/mol. The van der Waals surface area contributed by atoms with E-state index in [1.165, 1.54) is 17.1 Å². The third-order valence-electron chi connectivity index (χ3n) is 4.12. The Balaban J connectivity index is 1.38. The van der Waals surface area contributed by atoms with Crippen molar-refractivity contribution in [1.82, 2.24) is 10.4 Å². The second-order valence-electron chi connectivity index (χ2n) is 6.03. The van der Waals surface area contributed by atoms with Crippen LogP contribution in [0.1, 0.15) is 12.5 Å². The van der Waals surface area contributed by atoms with E-state index in [1.807, 2.05) is 49.4 Å². The van der Waals surface area contributed by atoms with Crippen LogP contribution in [0, 0.1) is 0 Å². The van der Waals surface area contributed by atoms with Crippen LogP contribution in [0.3, 0.4) is 0 Å². The summed E-state index contributed by atoms with van der Waals surface area (Å²) in [5.74, 6) is 0.147. The number of hydrogen-bond acceptors (Lipinski definition) is 5. The molecule has 134 valence electrons. The van der Waals surface area contributed by atoms with Crippen LogP contribution in [0.5, 0.6) is 0 Å². The summed E-state index contributed by atoms with van der Waals surface area (Å²) in [5, 5.41) is 6.58. The van der Waals surface area contributed by atoms with Gasteiger partial charge in [0.15, 0.2) is 4.34 Å². The number of para-hydroxylation sites is 1. The molecule has 0 aliphatic rings. The summed E-state index contributed by atoms with van der Waals surface area (Å²) in [7, 11) is 0. The van der Waals surface area contributed by atoms with Crippen LogP contribution in [0.2, 0.25) is 0 Å². The van der Waals surface area contributed by atoms with E-state index in [9.17, 15) is 4.79 Å². The number of hydrogen-bond donors (Lipinski definition) is 1. The fraction of sp³-hybridized carbons (Fsp3) is 0.0952. The zero-order valence-electron chi connectivity index (χ0n) is 14.7. The Morgan fingerprint density at radius 2 is 1.85 bits per heavy atom. The number of aromatic nitrogens is 1. The van der Waals surface area contributed by atoms with Gasteiger partial charge in [-0.25, -0.2) is 10.4 Å². The van der Waals surface area contributed by atoms with Crippen molar-refractivity contribution in [3.05, 3.63) is 72.3 Å². The lowest BCUT2D eigenvalue weighted by atomic mass is 10.0. The topological polar surface area (TPSA) is 54.4 Å². The van der Waals surface area contributed by atoms with Gasteiger partial charge in [-0.3, -0.25) is 4.79 Å². The lowest BCUT2D eigenvalue weighted by Gasteiger charge is -2.04. The van der Waals surface area contributed by atoms with E-state index in [1.54, 1.807) is 11.3 Å². The van der Waals surface area contributed by atoms with Crippen molar-refractivity contribution in [1.29, 1.82) is 0 Å². The van der Waals surface area contributed by atoms with Crippen molar-refractivity contribution in [3.63, 3.8) is 0 Å². The number of nitrogens with one attached hydrogen (secondary N) is 1. The molecule has 4 nitrogen and oxygen atoms in total. The minimum absolute atomic E-state index is 0.139. The van der Waals surface area contributed by atoms with Crippen LogP contribution in [-0.2, 0) is 4.79 Å². The number of thioether (sulfide) groups is 1. The molecule has 0 saturated heterocycles. The normalized spacial score (nSPS) is 11.8. The maximum atomic E-state index is 12.1. The monoisotopic (exact) mass is 391 g/mol. The Kier molecular flexibility index (Phi) is 5.18. The van der Waals surface area contributed by atoms with Gasteiger partial charge in [-0.2, -0.15) is 5.10 Å². The third kappa shape index (κ3) is 4.18. The molecular formula is C21H17N3OS2. The highest BCUT2D eigenvalue weighted by atomic mass is 32.2. The lowest BCUT2D eigenvalue weighted by molar-refractivity contribution is -0.118. The number of carbonyl (C=O) groups is 1. The molecule has 27 heavy (non-hydrogen) atoms. The minimum atomic E-state index is -0.139. The summed E-state index contributed by atoms with van der Waals surface area (Å²) in [6.45, 7) is 1.89. The molecule has 1 amide bonds. The first kappa shape index (κ1) is 17.7. The van der Waals surface area contributed by atoms with Gasteiger partial charge in [0.2, 0.25) is 0 Å². The van der Waals surface area contributed by atoms with Gasteiger partial charge >= 0.3 is 0 Å². The Hall–Kier alpha value is -2.70. The standard InChI is InChI=1S/C21H17N3OS2/c1-14(16-11-10-15-6-2-3-7-17(15)12-16)23-24-20(25)13-26-21-22-18-8-4-5-9-19(18)27-21/h2-12H,13H2,1H3,(H,24,25)/b23-14+. The lowest BCUT2D eigenvalue weighted by Crippen LogP contribution is -2.21. The number of thiazole rings is 1. The van der Waals surface area contributed by atoms with Crippen LogP contribution in [0.4, 0.5) is 0 Å². The van der Waals surface area contributed by atoms with Gasteiger partial charge in [-0.05, 0) is 41.5 Å². The van der Waals surface area contributed by atoms with E-state index < -0.39 is 0 Å². The Bertz CT molecular complexity index is 1120. The highest BCUT2D eigenvalue weighted by molar-refractivity contribution is 8.01. The van der Waals surface area contributed by atoms with Crippen LogP contribution >= 0.6 is 23.1 Å². The zero-order valence-corrected chi connectivity index (χ0v) is 16.3. The highest BCUT2D eigenvalue weighted by Crippen LogP contribution is 2.29. The Labute approximate surface area is 165 Å². The van der Waals surface area contributed by atoms with Gasteiger partial charge < -0.3 is 0 Å². The second kappa shape index (κ2) is 7.90. The molecule has 0 aliphatic heterocycles. The number of rotatable bonds is 5. The molecule has 0 aliphatic carbocycles. The van der Waals surface area contributed by atoms with Crippen molar-refractivity contribution in [2.75, 3.05) is 5.75 Å². The minimum Gasteiger partial charge on any atom is -0.272 e. The molecule has 0 radical (unpaired) electrons. The van der Waals surface area contributed by atoms with E-state index >= 15 is 0 Å². The third-order valence-corrected chi connectivity index (χ3v) is 6.30. The maximum absolute atomic E-state index is 12.1. The van der Waals surface area contributed by atoms with Gasteiger partial charge in [-0.15, -0.1) is 11.3 Å². The first-order valence-electron chi connectivity index (χ1n) is 8.50. The van der Waals surface area contributed by atoms with Crippen molar-refractivity contribution < 1.29 is 4.79 Å². The van der Waals surface area contributed by atoms with E-state index in [4.69, 9.17) is 0 Å². The number of benzene rings is 3. The molecule has 0 saturated carbocycles. The molecule has 6 heteroatoms. The van der Waals surface area contributed by atoms with E-state index in [0.717, 1.165) is 31.2 Å². The van der Waals surface area contributed by atoms with Crippen molar-refractivity contribution in [2.45, 2.75) is 11.3 Å². The number of carbonyl (C=O) groups excluding carboxylic acids is 1. The fourth-order valence-electron chi connectivity index (χ4n) is 2.70. The molecule has 0 fully saturated rings. The smallest absolute Gasteiger partial charge is 0.250 e. The number of fused-ring (bicyclic) bond motifs is 2. The van der Waals surface area contributed by atoms with Crippen molar-refractivity contribution in [2.24, 2.45) is 5.10 Å². The summed E-state index contributed by atoms with van der Waals surface area (Å²) >= 11 is 3.03. The molecule has 1 aromatic heterocycles. The molecule has 3 aromatic carbocycles. The highest BCUT2D eigenvalue weighted by Gasteiger charge is 2.07. The van der Waals surface area contributed by atoms with E-state index in [0.29, 0.717) is 0 Å². The summed E-state index contributed by atoms with van der Waals surface area (Å²) < 4.78 is 2.02. The van der Waals surface area contributed by atoms with E-state index in [-0.39, 0.29) is 11.7 Å². The molecule has 0 spiro atoms. The SMILES string of the molecule is C/C(=N\NC(=O)CSc1nc2ccccc2s1)c1ccc2ccccc2c1. The molecule has 1 N–H and O–H groups in total. The fourth-order valence-corrected chi connectivity index (χ4v) is 4.56. The molecule has 0 unspecified atom stereocenters. The number of amides is 1. The van der Waals surface area contributed by atoms with Gasteiger partial charge in [0.1, 0.15) is 0 Å². The van der Waals surface area contributed by atoms with Gasteiger partial charge in [-0.1, -0.05) is 60.3 Å². The first-order valence-corrected chi connectivity index (χ1v) is 10.3. The van der Waals surface area contributed by atoms with Crippen LogP contribution in [0.15, 0.2) is 76.2 Å². The summed E-state index contributed by atoms with van der Waals surface area (Å²) in [6.07, 6.45) is 0. The Morgan fingerprint density at radius 3 is 2.70 bits per heavy atom. The maximum Gasteiger partial charge on any atom is 0.250 e. The summed E-state index contributed by atoms with van der Waals surface area (Å²) in [6, 6.07) is 22.3. The molecule has 0 bridgehead atoms. The van der Waals surface area contributed by atoms with Crippen LogP contribution in [0.25, 0.3) is 21.0 Å². The Morgan fingerprint density at radius 1 is 1.07 bits per heavy atom. The first-order chi connectivity index (χ1) is 13.2. The predicted molar refractivity (Wildman–Crippen MR) is 115 cm³/mol. The van der Waals surface area contributed by atoms with Gasteiger partial charge in [0.05, 0.1) is 21.7 Å². The summed E-state index contributed by atoms with van der Waals surface area (Å²) in [4.78, 5) is 16.6. The molecule has 4 rings (SSSR count). The number of hydrazone groups is 1. The van der Waals surface area contributed by atoms with Crippen LogP contribution in [-0.4, -0.2) is 22.4 Å².